The van der Waals surface area contributed by atoms with Crippen LogP contribution >= 0.6 is 0 Å². The third-order valence-electron chi connectivity index (χ3n) is 3.86. The van der Waals surface area contributed by atoms with Crippen molar-refractivity contribution >= 4 is 15.9 Å². The zero-order valence-corrected chi connectivity index (χ0v) is 15.5. The number of hydrogen-bond donors (Lipinski definition) is 2. The summed E-state index contributed by atoms with van der Waals surface area (Å²) in [5, 5.41) is 5.15. The normalized spacial score (nSPS) is 13.1. The maximum Gasteiger partial charge on any atom is 0.416 e. The lowest BCUT2D eigenvalue weighted by atomic mass is 10.1. The van der Waals surface area contributed by atoms with Crippen LogP contribution in [-0.2, 0) is 22.6 Å². The Morgan fingerprint density at radius 1 is 1.11 bits per heavy atom. The molecule has 0 radical (unpaired) electrons. The van der Waals surface area contributed by atoms with Gasteiger partial charge in [-0.1, -0.05) is 24.3 Å². The van der Waals surface area contributed by atoms with Crippen LogP contribution in [0.5, 0.6) is 0 Å². The van der Waals surface area contributed by atoms with Gasteiger partial charge in [-0.2, -0.15) is 13.2 Å². The number of urea groups is 1. The molecule has 0 saturated carbocycles. The maximum absolute atomic E-state index is 12.7. The number of carbonyl (C=O) groups is 1. The van der Waals surface area contributed by atoms with E-state index in [9.17, 15) is 26.4 Å². The topological polar surface area (TPSA) is 75.3 Å². The lowest BCUT2D eigenvalue weighted by molar-refractivity contribution is -0.137. The van der Waals surface area contributed by atoms with E-state index in [0.29, 0.717) is 11.1 Å². The fourth-order valence-electron chi connectivity index (χ4n) is 2.37. The van der Waals surface area contributed by atoms with E-state index in [0.717, 1.165) is 18.4 Å². The number of carbonyl (C=O) groups excluding carboxylic acids is 1. The number of sulfone groups is 1. The number of benzene rings is 2. The van der Waals surface area contributed by atoms with E-state index in [1.54, 1.807) is 19.1 Å². The highest BCUT2D eigenvalue weighted by Gasteiger charge is 2.30. The average Bonchev–Trinajstić information content (AvgIpc) is 2.59. The van der Waals surface area contributed by atoms with E-state index < -0.39 is 33.6 Å². The van der Waals surface area contributed by atoms with E-state index in [2.05, 4.69) is 10.6 Å². The fraction of sp³-hybridized carbons (Fsp3) is 0.278. The van der Waals surface area contributed by atoms with Crippen LogP contribution in [0.3, 0.4) is 0 Å². The van der Waals surface area contributed by atoms with Gasteiger partial charge in [0, 0.05) is 12.8 Å². The maximum atomic E-state index is 12.7. The Labute approximate surface area is 155 Å². The van der Waals surface area contributed by atoms with E-state index in [4.69, 9.17) is 0 Å². The van der Waals surface area contributed by atoms with Gasteiger partial charge in [0.25, 0.3) is 0 Å². The summed E-state index contributed by atoms with van der Waals surface area (Å²) >= 11 is 0. The van der Waals surface area contributed by atoms with Crippen molar-refractivity contribution < 1.29 is 26.4 Å². The van der Waals surface area contributed by atoms with Crippen LogP contribution < -0.4 is 10.6 Å². The van der Waals surface area contributed by atoms with Crippen LogP contribution in [-0.4, -0.2) is 20.7 Å². The Bertz CT molecular complexity index is 910. The van der Waals surface area contributed by atoms with Gasteiger partial charge in [-0.25, -0.2) is 13.2 Å². The molecule has 0 heterocycles. The van der Waals surface area contributed by atoms with Crippen LogP contribution in [0.25, 0.3) is 0 Å². The third kappa shape index (κ3) is 5.99. The summed E-state index contributed by atoms with van der Waals surface area (Å²) in [4.78, 5) is 12.1. The lowest BCUT2D eigenvalue weighted by Gasteiger charge is -2.16. The highest BCUT2D eigenvalue weighted by atomic mass is 32.2. The highest BCUT2D eigenvalue weighted by molar-refractivity contribution is 7.90. The van der Waals surface area contributed by atoms with E-state index in [1.807, 2.05) is 0 Å². The Kier molecular flexibility index (Phi) is 6.15. The molecule has 0 aromatic heterocycles. The number of alkyl halides is 3. The van der Waals surface area contributed by atoms with Gasteiger partial charge in [0.05, 0.1) is 16.5 Å². The van der Waals surface area contributed by atoms with Crippen molar-refractivity contribution in [3.63, 3.8) is 0 Å². The van der Waals surface area contributed by atoms with Crippen molar-refractivity contribution in [2.45, 2.75) is 30.6 Å². The van der Waals surface area contributed by atoms with Crippen LogP contribution in [0.2, 0.25) is 0 Å². The van der Waals surface area contributed by atoms with Gasteiger partial charge in [-0.15, -0.1) is 0 Å². The molecule has 0 aliphatic carbocycles. The van der Waals surface area contributed by atoms with Crippen LogP contribution in [0.15, 0.2) is 53.4 Å². The molecule has 1 atom stereocenters. The first-order valence-corrected chi connectivity index (χ1v) is 9.86. The Balaban J connectivity index is 1.94. The predicted molar refractivity (Wildman–Crippen MR) is 94.8 cm³/mol. The van der Waals surface area contributed by atoms with Gasteiger partial charge >= 0.3 is 12.2 Å². The van der Waals surface area contributed by atoms with E-state index in [-0.39, 0.29) is 11.4 Å². The molecule has 2 amide bonds. The minimum absolute atomic E-state index is 0.0600. The molecule has 0 aliphatic rings. The Morgan fingerprint density at radius 3 is 2.30 bits per heavy atom. The standard InChI is InChI=1S/C18H19F3N2O3S/c1-12(14-6-8-16(9-7-14)27(2,25)26)23-17(24)22-11-13-4-3-5-15(10-13)18(19,20)21/h3-10,12H,11H2,1-2H3,(H2,22,23,24)/t12-/m1/s1. The van der Waals surface area contributed by atoms with Crippen molar-refractivity contribution in [1.29, 1.82) is 0 Å². The first kappa shape index (κ1) is 20.8. The molecular weight excluding hydrogens is 381 g/mol. The fourth-order valence-corrected chi connectivity index (χ4v) is 3.01. The van der Waals surface area contributed by atoms with Gasteiger partial charge < -0.3 is 10.6 Å². The minimum atomic E-state index is -4.44. The molecule has 0 unspecified atom stereocenters. The summed E-state index contributed by atoms with van der Waals surface area (Å²) in [6.07, 6.45) is -3.34. The molecular formula is C18H19F3N2O3S. The Morgan fingerprint density at radius 2 is 1.74 bits per heavy atom. The smallest absolute Gasteiger partial charge is 0.334 e. The summed E-state index contributed by atoms with van der Waals surface area (Å²) in [7, 11) is -3.30. The first-order chi connectivity index (χ1) is 12.5. The first-order valence-electron chi connectivity index (χ1n) is 7.97. The molecule has 27 heavy (non-hydrogen) atoms. The molecule has 0 spiro atoms. The van der Waals surface area contributed by atoms with E-state index >= 15 is 0 Å². The molecule has 0 aliphatic heterocycles. The molecule has 0 fully saturated rings. The van der Waals surface area contributed by atoms with Crippen molar-refractivity contribution in [3.8, 4) is 0 Å². The van der Waals surface area contributed by atoms with Gasteiger partial charge in [0.15, 0.2) is 9.84 Å². The summed E-state index contributed by atoms with van der Waals surface area (Å²) in [5.74, 6) is 0. The zero-order valence-electron chi connectivity index (χ0n) is 14.7. The molecule has 2 aromatic carbocycles. The monoisotopic (exact) mass is 400 g/mol. The third-order valence-corrected chi connectivity index (χ3v) is 4.99. The number of nitrogens with one attached hydrogen (secondary N) is 2. The van der Waals surface area contributed by atoms with E-state index in [1.165, 1.54) is 24.3 Å². The summed E-state index contributed by atoms with van der Waals surface area (Å²) < 4.78 is 61.0. The van der Waals surface area contributed by atoms with Crippen LogP contribution in [0, 0.1) is 0 Å². The molecule has 146 valence electrons. The SMILES string of the molecule is C[C@@H](NC(=O)NCc1cccc(C(F)(F)F)c1)c1ccc(S(C)(=O)=O)cc1. The van der Waals surface area contributed by atoms with Gasteiger partial charge in [-0.3, -0.25) is 0 Å². The second kappa shape index (κ2) is 7.99. The van der Waals surface area contributed by atoms with Gasteiger partial charge in [0.2, 0.25) is 0 Å². The number of amides is 2. The van der Waals surface area contributed by atoms with Gasteiger partial charge in [0.1, 0.15) is 0 Å². The van der Waals surface area contributed by atoms with Crippen molar-refractivity contribution in [3.05, 3.63) is 65.2 Å². The summed E-state index contributed by atoms with van der Waals surface area (Å²) in [6, 6.07) is 9.83. The number of hydrogen-bond acceptors (Lipinski definition) is 3. The lowest BCUT2D eigenvalue weighted by Crippen LogP contribution is -2.36. The van der Waals surface area contributed by atoms with Crippen molar-refractivity contribution in [2.24, 2.45) is 0 Å². The molecule has 2 rings (SSSR count). The zero-order chi connectivity index (χ0) is 20.2. The van der Waals surface area contributed by atoms with Crippen LogP contribution in [0.4, 0.5) is 18.0 Å². The molecule has 2 N–H and O–H groups in total. The summed E-state index contributed by atoms with van der Waals surface area (Å²) in [5.41, 5.74) is 0.239. The quantitative estimate of drug-likeness (QED) is 0.804. The number of rotatable bonds is 5. The average molecular weight is 400 g/mol. The largest absolute Gasteiger partial charge is 0.416 e. The second-order valence-electron chi connectivity index (χ2n) is 6.09. The summed E-state index contributed by atoms with van der Waals surface area (Å²) in [6.45, 7) is 1.65. The molecule has 2 aromatic rings. The molecule has 0 saturated heterocycles. The van der Waals surface area contributed by atoms with Crippen LogP contribution in [0.1, 0.15) is 29.7 Å². The molecule has 9 heteroatoms. The minimum Gasteiger partial charge on any atom is -0.334 e. The predicted octanol–water partition coefficient (Wildman–Crippen LogP) is 3.67. The molecule has 0 bridgehead atoms. The number of halogens is 3. The van der Waals surface area contributed by atoms with Crippen molar-refractivity contribution in [1.82, 2.24) is 10.6 Å². The second-order valence-corrected chi connectivity index (χ2v) is 8.10. The Hall–Kier alpha value is -2.55. The molecule has 5 nitrogen and oxygen atoms in total. The highest BCUT2D eigenvalue weighted by Crippen LogP contribution is 2.29. The van der Waals surface area contributed by atoms with Gasteiger partial charge in [-0.05, 0) is 42.3 Å². The van der Waals surface area contributed by atoms with Crippen molar-refractivity contribution in [2.75, 3.05) is 6.26 Å².